The fourth-order valence-electron chi connectivity index (χ4n) is 2.76. The van der Waals surface area contributed by atoms with Crippen molar-refractivity contribution < 1.29 is 4.74 Å². The molecule has 1 aromatic rings. The second-order valence-corrected chi connectivity index (χ2v) is 6.87. The SMILES string of the molecule is CC(C)CNCc1ccc(N2C[C@@H](C)O[C@@H](C)C2)cc1Cl. The Morgan fingerprint density at radius 1 is 1.29 bits per heavy atom. The van der Waals surface area contributed by atoms with Gasteiger partial charge in [-0.05, 0) is 44.0 Å². The monoisotopic (exact) mass is 310 g/mol. The quantitative estimate of drug-likeness (QED) is 0.897. The second kappa shape index (κ2) is 7.48. The highest BCUT2D eigenvalue weighted by Gasteiger charge is 2.22. The molecule has 21 heavy (non-hydrogen) atoms. The first-order valence-corrected chi connectivity index (χ1v) is 8.23. The van der Waals surface area contributed by atoms with E-state index >= 15 is 0 Å². The minimum Gasteiger partial charge on any atom is -0.372 e. The van der Waals surface area contributed by atoms with E-state index in [4.69, 9.17) is 16.3 Å². The number of nitrogens with zero attached hydrogens (tertiary/aromatic N) is 1. The highest BCUT2D eigenvalue weighted by molar-refractivity contribution is 6.31. The van der Waals surface area contributed by atoms with Crippen molar-refractivity contribution in [1.29, 1.82) is 0 Å². The topological polar surface area (TPSA) is 24.5 Å². The van der Waals surface area contributed by atoms with E-state index in [9.17, 15) is 0 Å². The highest BCUT2D eigenvalue weighted by atomic mass is 35.5. The molecule has 0 aliphatic carbocycles. The summed E-state index contributed by atoms with van der Waals surface area (Å²) in [5, 5.41) is 4.28. The lowest BCUT2D eigenvalue weighted by atomic mass is 10.1. The maximum atomic E-state index is 6.44. The largest absolute Gasteiger partial charge is 0.372 e. The molecule has 0 radical (unpaired) electrons. The van der Waals surface area contributed by atoms with Gasteiger partial charge in [-0.3, -0.25) is 0 Å². The van der Waals surface area contributed by atoms with Crippen LogP contribution in [0.25, 0.3) is 0 Å². The summed E-state index contributed by atoms with van der Waals surface area (Å²) in [5.41, 5.74) is 2.35. The smallest absolute Gasteiger partial charge is 0.0726 e. The summed E-state index contributed by atoms with van der Waals surface area (Å²) < 4.78 is 5.78. The Kier molecular flexibility index (Phi) is 5.91. The zero-order chi connectivity index (χ0) is 15.4. The number of benzene rings is 1. The van der Waals surface area contributed by atoms with E-state index < -0.39 is 0 Å². The van der Waals surface area contributed by atoms with Crippen LogP contribution in [0.4, 0.5) is 5.69 Å². The number of morpholine rings is 1. The molecule has 0 unspecified atom stereocenters. The molecule has 0 saturated carbocycles. The fraction of sp³-hybridized carbons (Fsp3) is 0.647. The van der Waals surface area contributed by atoms with E-state index in [2.05, 4.69) is 56.1 Å². The number of rotatable bonds is 5. The third kappa shape index (κ3) is 4.87. The molecule has 3 nitrogen and oxygen atoms in total. The van der Waals surface area contributed by atoms with Gasteiger partial charge in [-0.25, -0.2) is 0 Å². The summed E-state index contributed by atoms with van der Waals surface area (Å²) in [5.74, 6) is 0.652. The van der Waals surface area contributed by atoms with E-state index in [1.165, 1.54) is 5.69 Å². The predicted octanol–water partition coefficient (Wildman–Crippen LogP) is 3.70. The Morgan fingerprint density at radius 2 is 1.95 bits per heavy atom. The van der Waals surface area contributed by atoms with Gasteiger partial charge in [-0.1, -0.05) is 31.5 Å². The molecule has 0 amide bonds. The van der Waals surface area contributed by atoms with Crippen molar-refractivity contribution in [2.75, 3.05) is 24.5 Å². The van der Waals surface area contributed by atoms with Gasteiger partial charge in [-0.2, -0.15) is 0 Å². The average Bonchev–Trinajstić information content (AvgIpc) is 2.39. The zero-order valence-corrected chi connectivity index (χ0v) is 14.3. The molecule has 0 bridgehead atoms. The van der Waals surface area contributed by atoms with Crippen LogP contribution in [0.15, 0.2) is 18.2 Å². The summed E-state index contributed by atoms with van der Waals surface area (Å²) in [6.07, 6.45) is 0.528. The first kappa shape index (κ1) is 16.6. The molecule has 1 aromatic carbocycles. The number of ether oxygens (including phenoxy) is 1. The lowest BCUT2D eigenvalue weighted by Gasteiger charge is -2.37. The fourth-order valence-corrected chi connectivity index (χ4v) is 3.00. The Labute approximate surface area is 133 Å². The molecule has 1 fully saturated rings. The van der Waals surface area contributed by atoms with E-state index in [0.717, 1.165) is 36.8 Å². The van der Waals surface area contributed by atoms with E-state index in [1.54, 1.807) is 0 Å². The molecule has 1 aliphatic heterocycles. The molecule has 0 aromatic heterocycles. The molecule has 4 heteroatoms. The van der Waals surface area contributed by atoms with Gasteiger partial charge in [-0.15, -0.1) is 0 Å². The summed E-state index contributed by atoms with van der Waals surface area (Å²) in [7, 11) is 0. The van der Waals surface area contributed by atoms with Crippen molar-refractivity contribution in [3.8, 4) is 0 Å². The standard InChI is InChI=1S/C17H27ClN2O/c1-12(2)8-19-9-15-5-6-16(7-17(15)18)20-10-13(3)21-14(4)11-20/h5-7,12-14,19H,8-11H2,1-4H3/t13-,14+. The Bertz CT molecular complexity index is 454. The zero-order valence-electron chi connectivity index (χ0n) is 13.5. The second-order valence-electron chi connectivity index (χ2n) is 6.46. The molecule has 118 valence electrons. The summed E-state index contributed by atoms with van der Waals surface area (Å²) in [4.78, 5) is 2.36. The van der Waals surface area contributed by atoms with Crippen molar-refractivity contribution in [3.05, 3.63) is 28.8 Å². The van der Waals surface area contributed by atoms with Gasteiger partial charge < -0.3 is 15.0 Å². The van der Waals surface area contributed by atoms with Crippen LogP contribution in [0, 0.1) is 5.92 Å². The number of halogens is 1. The predicted molar refractivity (Wildman–Crippen MR) is 90.2 cm³/mol. The molecule has 1 N–H and O–H groups in total. The van der Waals surface area contributed by atoms with Crippen molar-refractivity contribution >= 4 is 17.3 Å². The number of nitrogens with one attached hydrogen (secondary N) is 1. The Balaban J connectivity index is 2.01. The van der Waals surface area contributed by atoms with E-state index in [-0.39, 0.29) is 12.2 Å². The summed E-state index contributed by atoms with van der Waals surface area (Å²) in [6.45, 7) is 12.3. The maximum absolute atomic E-state index is 6.44. The third-order valence-electron chi connectivity index (χ3n) is 3.69. The molecular weight excluding hydrogens is 284 g/mol. The third-order valence-corrected chi connectivity index (χ3v) is 4.04. The molecule has 1 saturated heterocycles. The number of anilines is 1. The van der Waals surface area contributed by atoms with Crippen LogP contribution in [-0.4, -0.2) is 31.8 Å². The minimum atomic E-state index is 0.264. The molecule has 2 atom stereocenters. The maximum Gasteiger partial charge on any atom is 0.0726 e. The molecule has 1 heterocycles. The molecule has 0 spiro atoms. The van der Waals surface area contributed by atoms with Crippen molar-refractivity contribution in [1.82, 2.24) is 5.32 Å². The van der Waals surface area contributed by atoms with Crippen LogP contribution in [0.2, 0.25) is 5.02 Å². The van der Waals surface area contributed by atoms with E-state index in [1.807, 2.05) is 0 Å². The summed E-state index contributed by atoms with van der Waals surface area (Å²) in [6, 6.07) is 6.39. The summed E-state index contributed by atoms with van der Waals surface area (Å²) >= 11 is 6.44. The van der Waals surface area contributed by atoms with Gasteiger partial charge >= 0.3 is 0 Å². The van der Waals surface area contributed by atoms with Crippen LogP contribution < -0.4 is 10.2 Å². The molecule has 1 aliphatic rings. The van der Waals surface area contributed by atoms with Gasteiger partial charge in [0.1, 0.15) is 0 Å². The van der Waals surface area contributed by atoms with Crippen molar-refractivity contribution in [3.63, 3.8) is 0 Å². The minimum absolute atomic E-state index is 0.264. The number of hydrogen-bond acceptors (Lipinski definition) is 3. The van der Waals surface area contributed by atoms with Gasteiger partial charge in [0.05, 0.1) is 12.2 Å². The molecule has 2 rings (SSSR count). The Morgan fingerprint density at radius 3 is 2.52 bits per heavy atom. The lowest BCUT2D eigenvalue weighted by molar-refractivity contribution is -0.00521. The highest BCUT2D eigenvalue weighted by Crippen LogP contribution is 2.26. The average molecular weight is 311 g/mol. The Hall–Kier alpha value is -0.770. The van der Waals surface area contributed by atoms with Crippen LogP contribution in [0.1, 0.15) is 33.3 Å². The molecular formula is C17H27ClN2O. The van der Waals surface area contributed by atoms with Gasteiger partial charge in [0.2, 0.25) is 0 Å². The van der Waals surface area contributed by atoms with Crippen LogP contribution in [0.5, 0.6) is 0 Å². The number of hydrogen-bond donors (Lipinski definition) is 1. The first-order valence-electron chi connectivity index (χ1n) is 7.85. The van der Waals surface area contributed by atoms with E-state index in [0.29, 0.717) is 5.92 Å². The normalized spacial score (nSPS) is 22.9. The lowest BCUT2D eigenvalue weighted by Crippen LogP contribution is -2.45. The van der Waals surface area contributed by atoms with Crippen molar-refractivity contribution in [2.24, 2.45) is 5.92 Å². The van der Waals surface area contributed by atoms with Crippen molar-refractivity contribution in [2.45, 2.75) is 46.4 Å². The van der Waals surface area contributed by atoms with Gasteiger partial charge in [0, 0.05) is 30.3 Å². The van der Waals surface area contributed by atoms with Crippen LogP contribution in [0.3, 0.4) is 0 Å². The first-order chi connectivity index (χ1) is 9.95. The van der Waals surface area contributed by atoms with Gasteiger partial charge in [0.25, 0.3) is 0 Å². The van der Waals surface area contributed by atoms with Gasteiger partial charge in [0.15, 0.2) is 0 Å². The van der Waals surface area contributed by atoms with Crippen LogP contribution >= 0.6 is 11.6 Å². The van der Waals surface area contributed by atoms with Crippen LogP contribution in [-0.2, 0) is 11.3 Å².